The lowest BCUT2D eigenvalue weighted by Crippen LogP contribution is -2.33. The van der Waals surface area contributed by atoms with Crippen molar-refractivity contribution in [2.24, 2.45) is 0 Å². The average molecular weight is 348 g/mol. The topological polar surface area (TPSA) is 74.2 Å². The van der Waals surface area contributed by atoms with E-state index in [9.17, 15) is 10.1 Å². The summed E-state index contributed by atoms with van der Waals surface area (Å²) in [4.78, 5) is 14.7. The first-order chi connectivity index (χ1) is 12.6. The minimum absolute atomic E-state index is 0.243. The van der Waals surface area contributed by atoms with Gasteiger partial charge in [-0.25, -0.2) is 0 Å². The molecule has 0 aliphatic heterocycles. The molecular weight excluding hydrogens is 328 g/mol. The lowest BCUT2D eigenvalue weighted by Gasteiger charge is -2.19. The first kappa shape index (κ1) is 17.4. The molecule has 0 unspecified atom stereocenters. The summed E-state index contributed by atoms with van der Waals surface area (Å²) in [6.07, 6.45) is 3.55. The van der Waals surface area contributed by atoms with E-state index in [1.165, 1.54) is 0 Å². The Morgan fingerprint density at radius 3 is 2.58 bits per heavy atom. The zero-order chi connectivity index (χ0) is 18.5. The van der Waals surface area contributed by atoms with Crippen LogP contribution in [0.25, 0.3) is 5.88 Å². The van der Waals surface area contributed by atoms with Crippen LogP contribution in [0, 0.1) is 18.3 Å². The fraction of sp³-hybridized carbons (Fsp3) is 0.200. The second-order valence-electron chi connectivity index (χ2n) is 5.93. The SMILES string of the molecule is Cc1oc(-n2cccc2)c(C#N)c1C(=O)NCCN(C)c1ccccc1. The van der Waals surface area contributed by atoms with Crippen LogP contribution in [-0.2, 0) is 0 Å². The summed E-state index contributed by atoms with van der Waals surface area (Å²) in [5, 5.41) is 12.4. The summed E-state index contributed by atoms with van der Waals surface area (Å²) < 4.78 is 7.35. The van der Waals surface area contributed by atoms with Crippen molar-refractivity contribution in [2.45, 2.75) is 6.92 Å². The fourth-order valence-corrected chi connectivity index (χ4v) is 2.80. The van der Waals surface area contributed by atoms with Crippen molar-refractivity contribution < 1.29 is 9.21 Å². The van der Waals surface area contributed by atoms with E-state index >= 15 is 0 Å². The van der Waals surface area contributed by atoms with E-state index in [0.29, 0.717) is 30.3 Å². The third-order valence-electron chi connectivity index (χ3n) is 4.17. The first-order valence-electron chi connectivity index (χ1n) is 8.33. The summed E-state index contributed by atoms with van der Waals surface area (Å²) in [5.41, 5.74) is 1.61. The zero-order valence-electron chi connectivity index (χ0n) is 14.8. The molecule has 26 heavy (non-hydrogen) atoms. The molecule has 0 fully saturated rings. The minimum atomic E-state index is -0.303. The quantitative estimate of drug-likeness (QED) is 0.743. The number of benzene rings is 1. The van der Waals surface area contributed by atoms with Gasteiger partial charge in [0.1, 0.15) is 23.0 Å². The number of aromatic nitrogens is 1. The Morgan fingerprint density at radius 1 is 1.23 bits per heavy atom. The second-order valence-corrected chi connectivity index (χ2v) is 5.93. The van der Waals surface area contributed by atoms with Gasteiger partial charge in [-0.05, 0) is 31.2 Å². The highest BCUT2D eigenvalue weighted by Crippen LogP contribution is 2.25. The standard InChI is InChI=1S/C20H20N4O2/c1-15-18(17(14-21)20(26-15)24-11-6-7-12-24)19(25)22-10-13-23(2)16-8-4-3-5-9-16/h3-9,11-12H,10,13H2,1-2H3,(H,22,25). The number of amides is 1. The van der Waals surface area contributed by atoms with E-state index in [-0.39, 0.29) is 11.5 Å². The van der Waals surface area contributed by atoms with Crippen LogP contribution in [0.3, 0.4) is 0 Å². The Morgan fingerprint density at radius 2 is 1.92 bits per heavy atom. The molecule has 1 amide bonds. The highest BCUT2D eigenvalue weighted by molar-refractivity contribution is 5.98. The molecule has 2 heterocycles. The molecule has 132 valence electrons. The van der Waals surface area contributed by atoms with Gasteiger partial charge >= 0.3 is 0 Å². The summed E-state index contributed by atoms with van der Waals surface area (Å²) in [7, 11) is 1.97. The highest BCUT2D eigenvalue weighted by Gasteiger charge is 2.24. The Kier molecular flexibility index (Phi) is 5.09. The summed E-state index contributed by atoms with van der Waals surface area (Å²) in [5.74, 6) is 0.489. The largest absolute Gasteiger partial charge is 0.443 e. The molecule has 1 N–H and O–H groups in total. The van der Waals surface area contributed by atoms with Crippen molar-refractivity contribution >= 4 is 11.6 Å². The number of likely N-dealkylation sites (N-methyl/N-ethyl adjacent to an activating group) is 1. The molecular formula is C20H20N4O2. The number of nitrogens with one attached hydrogen (secondary N) is 1. The number of anilines is 1. The Bertz CT molecular complexity index is 921. The number of furan rings is 1. The average Bonchev–Trinajstić information content (AvgIpc) is 3.29. The van der Waals surface area contributed by atoms with E-state index in [4.69, 9.17) is 4.42 Å². The van der Waals surface area contributed by atoms with Crippen LogP contribution >= 0.6 is 0 Å². The molecule has 0 bridgehead atoms. The first-order valence-corrected chi connectivity index (χ1v) is 8.33. The summed E-state index contributed by atoms with van der Waals surface area (Å²) in [6, 6.07) is 15.7. The maximum atomic E-state index is 12.6. The number of aryl methyl sites for hydroxylation is 1. The zero-order valence-corrected chi connectivity index (χ0v) is 14.8. The molecule has 3 rings (SSSR count). The second kappa shape index (κ2) is 7.62. The number of hydrogen-bond donors (Lipinski definition) is 1. The molecule has 0 aliphatic carbocycles. The number of carbonyl (C=O) groups excluding carboxylic acids is 1. The molecule has 0 atom stereocenters. The maximum absolute atomic E-state index is 12.6. The number of nitrogens with zero attached hydrogens (tertiary/aromatic N) is 3. The molecule has 3 aromatic rings. The van der Waals surface area contributed by atoms with E-state index in [1.54, 1.807) is 23.9 Å². The van der Waals surface area contributed by atoms with Crippen LogP contribution in [0.5, 0.6) is 0 Å². The third kappa shape index (κ3) is 3.47. The van der Waals surface area contributed by atoms with Crippen molar-refractivity contribution in [3.05, 3.63) is 71.7 Å². The molecule has 0 spiro atoms. The van der Waals surface area contributed by atoms with Gasteiger partial charge in [-0.2, -0.15) is 5.26 Å². The van der Waals surface area contributed by atoms with Crippen LogP contribution in [0.4, 0.5) is 5.69 Å². The van der Waals surface area contributed by atoms with Crippen molar-refractivity contribution in [2.75, 3.05) is 25.0 Å². The molecule has 6 heteroatoms. The number of para-hydroxylation sites is 1. The molecule has 0 saturated heterocycles. The number of hydrogen-bond acceptors (Lipinski definition) is 4. The van der Waals surface area contributed by atoms with Gasteiger partial charge in [0.2, 0.25) is 5.88 Å². The lowest BCUT2D eigenvalue weighted by atomic mass is 10.1. The Labute approximate surface area is 152 Å². The monoisotopic (exact) mass is 348 g/mol. The van der Waals surface area contributed by atoms with Crippen molar-refractivity contribution in [1.82, 2.24) is 9.88 Å². The van der Waals surface area contributed by atoms with Gasteiger partial charge in [-0.3, -0.25) is 9.36 Å². The van der Waals surface area contributed by atoms with Gasteiger partial charge in [0.25, 0.3) is 5.91 Å². The highest BCUT2D eigenvalue weighted by atomic mass is 16.4. The summed E-state index contributed by atoms with van der Waals surface area (Å²) in [6.45, 7) is 2.80. The predicted molar refractivity (Wildman–Crippen MR) is 99.5 cm³/mol. The predicted octanol–water partition coefficient (Wildman–Crippen LogP) is 3.12. The Hall–Kier alpha value is -3.46. The molecule has 1 aromatic carbocycles. The van der Waals surface area contributed by atoms with Gasteiger partial charge in [0, 0.05) is 38.2 Å². The van der Waals surface area contributed by atoms with Crippen LogP contribution in [0.15, 0.2) is 59.3 Å². The molecule has 0 aliphatic rings. The van der Waals surface area contributed by atoms with Crippen molar-refractivity contribution in [3.8, 4) is 12.0 Å². The van der Waals surface area contributed by atoms with Crippen molar-refractivity contribution in [3.63, 3.8) is 0 Å². The van der Waals surface area contributed by atoms with Crippen LogP contribution in [-0.4, -0.2) is 30.6 Å². The van der Waals surface area contributed by atoms with Gasteiger partial charge < -0.3 is 14.6 Å². The van der Waals surface area contributed by atoms with E-state index in [0.717, 1.165) is 5.69 Å². The smallest absolute Gasteiger partial charge is 0.256 e. The van der Waals surface area contributed by atoms with E-state index in [1.807, 2.05) is 49.5 Å². The van der Waals surface area contributed by atoms with E-state index in [2.05, 4.69) is 16.3 Å². The van der Waals surface area contributed by atoms with Gasteiger partial charge in [-0.15, -0.1) is 0 Å². The number of rotatable bonds is 6. The van der Waals surface area contributed by atoms with Gasteiger partial charge in [-0.1, -0.05) is 18.2 Å². The lowest BCUT2D eigenvalue weighted by molar-refractivity contribution is 0.0953. The normalized spacial score (nSPS) is 10.3. The Balaban J connectivity index is 1.70. The third-order valence-corrected chi connectivity index (χ3v) is 4.17. The molecule has 0 radical (unpaired) electrons. The fourth-order valence-electron chi connectivity index (χ4n) is 2.80. The summed E-state index contributed by atoms with van der Waals surface area (Å²) >= 11 is 0. The molecule has 2 aromatic heterocycles. The van der Waals surface area contributed by atoms with Gasteiger partial charge in [0.05, 0.1) is 0 Å². The van der Waals surface area contributed by atoms with E-state index < -0.39 is 0 Å². The number of nitriles is 1. The van der Waals surface area contributed by atoms with Gasteiger partial charge in [0.15, 0.2) is 0 Å². The van der Waals surface area contributed by atoms with Crippen LogP contribution in [0.2, 0.25) is 0 Å². The maximum Gasteiger partial charge on any atom is 0.256 e. The molecule has 0 saturated carbocycles. The van der Waals surface area contributed by atoms with Crippen molar-refractivity contribution in [1.29, 1.82) is 5.26 Å². The van der Waals surface area contributed by atoms with Crippen LogP contribution in [0.1, 0.15) is 21.7 Å². The minimum Gasteiger partial charge on any atom is -0.443 e. The molecule has 6 nitrogen and oxygen atoms in total. The van der Waals surface area contributed by atoms with Crippen LogP contribution < -0.4 is 10.2 Å². The number of carbonyl (C=O) groups is 1.